The highest BCUT2D eigenvalue weighted by Gasteiger charge is 2.31. The number of nitriles is 1. The maximum absolute atomic E-state index is 12.4. The molecule has 0 aliphatic carbocycles. The molecule has 0 saturated heterocycles. The number of nitrogens with one attached hydrogen (secondary N) is 1. The van der Waals surface area contributed by atoms with Crippen LogP contribution in [0, 0.1) is 11.3 Å². The first kappa shape index (κ1) is 22.5. The highest BCUT2D eigenvalue weighted by Crippen LogP contribution is 2.24. The van der Waals surface area contributed by atoms with Crippen molar-refractivity contribution in [1.29, 1.82) is 5.26 Å². The molecule has 0 bridgehead atoms. The molecule has 2 amide bonds. The predicted molar refractivity (Wildman–Crippen MR) is 101 cm³/mol. The maximum atomic E-state index is 12.4. The van der Waals surface area contributed by atoms with Crippen LogP contribution in [0.5, 0.6) is 11.5 Å². The summed E-state index contributed by atoms with van der Waals surface area (Å²) in [6.07, 6.45) is -5.68. The monoisotopic (exact) mass is 421 g/mol. The molecule has 0 heterocycles. The summed E-state index contributed by atoms with van der Waals surface area (Å²) in [6.45, 7) is 1.23. The number of likely N-dealkylation sites (N-methyl/N-ethyl adjacent to an activating group) is 1. The van der Waals surface area contributed by atoms with Crippen LogP contribution < -0.4 is 14.8 Å². The molecule has 1 N–H and O–H groups in total. The van der Waals surface area contributed by atoms with E-state index in [1.165, 1.54) is 26.1 Å². The largest absolute Gasteiger partial charge is 0.573 e. The van der Waals surface area contributed by atoms with Crippen LogP contribution in [0.1, 0.15) is 12.5 Å². The van der Waals surface area contributed by atoms with E-state index in [0.717, 1.165) is 17.0 Å². The quantitative estimate of drug-likeness (QED) is 0.741. The molecule has 0 saturated carbocycles. The lowest BCUT2D eigenvalue weighted by atomic mass is 10.2. The molecule has 10 heteroatoms. The number of anilines is 1. The summed E-state index contributed by atoms with van der Waals surface area (Å²) >= 11 is 0. The molecule has 0 aromatic heterocycles. The van der Waals surface area contributed by atoms with Crippen LogP contribution in [-0.4, -0.2) is 42.8 Å². The van der Waals surface area contributed by atoms with Gasteiger partial charge in [0.05, 0.1) is 18.2 Å². The van der Waals surface area contributed by atoms with Gasteiger partial charge >= 0.3 is 6.36 Å². The summed E-state index contributed by atoms with van der Waals surface area (Å²) in [7, 11) is 1.42. The molecule has 0 aliphatic rings. The van der Waals surface area contributed by atoms with Gasteiger partial charge in [0, 0.05) is 12.7 Å². The van der Waals surface area contributed by atoms with Crippen molar-refractivity contribution in [3.05, 3.63) is 54.1 Å². The summed E-state index contributed by atoms with van der Waals surface area (Å²) in [5, 5.41) is 11.3. The third-order valence-electron chi connectivity index (χ3n) is 3.77. The average Bonchev–Trinajstić information content (AvgIpc) is 2.68. The number of rotatable bonds is 7. The highest BCUT2D eigenvalue weighted by molar-refractivity contribution is 5.95. The van der Waals surface area contributed by atoms with Crippen molar-refractivity contribution in [2.75, 3.05) is 18.9 Å². The van der Waals surface area contributed by atoms with Crippen molar-refractivity contribution in [3.8, 4) is 17.6 Å². The Balaban J connectivity index is 1.86. The Bertz CT molecular complexity index is 922. The number of ether oxygens (including phenoxy) is 2. The first-order valence-corrected chi connectivity index (χ1v) is 8.65. The number of halogens is 3. The fraction of sp³-hybridized carbons (Fsp3) is 0.250. The highest BCUT2D eigenvalue weighted by atomic mass is 19.4. The molecule has 2 rings (SSSR count). The lowest BCUT2D eigenvalue weighted by molar-refractivity contribution is -0.274. The lowest BCUT2D eigenvalue weighted by Crippen LogP contribution is -2.41. The number of nitrogens with zero attached hydrogens (tertiary/aromatic N) is 2. The SMILES string of the molecule is C[C@@H](Oc1ccc(C#N)cc1)C(=O)N(C)CC(=O)Nc1ccc(OC(F)(F)F)cc1. The molecule has 2 aromatic rings. The minimum atomic E-state index is -4.80. The lowest BCUT2D eigenvalue weighted by Gasteiger charge is -2.21. The topological polar surface area (TPSA) is 91.7 Å². The molecule has 30 heavy (non-hydrogen) atoms. The molecular formula is C20H18F3N3O4. The summed E-state index contributed by atoms with van der Waals surface area (Å²) in [5.74, 6) is -1.01. The van der Waals surface area contributed by atoms with E-state index in [2.05, 4.69) is 10.1 Å². The average molecular weight is 421 g/mol. The van der Waals surface area contributed by atoms with Crippen LogP contribution in [0.2, 0.25) is 0 Å². The molecule has 0 unspecified atom stereocenters. The van der Waals surface area contributed by atoms with Crippen LogP contribution in [-0.2, 0) is 9.59 Å². The van der Waals surface area contributed by atoms with E-state index in [1.54, 1.807) is 24.3 Å². The molecule has 0 fully saturated rings. The van der Waals surface area contributed by atoms with Crippen LogP contribution in [0.15, 0.2) is 48.5 Å². The normalized spacial score (nSPS) is 11.7. The Morgan fingerprint density at radius 1 is 1.10 bits per heavy atom. The van der Waals surface area contributed by atoms with Crippen molar-refractivity contribution in [1.82, 2.24) is 4.90 Å². The van der Waals surface area contributed by atoms with Gasteiger partial charge in [0.2, 0.25) is 5.91 Å². The van der Waals surface area contributed by atoms with Crippen LogP contribution in [0.3, 0.4) is 0 Å². The summed E-state index contributed by atoms with van der Waals surface area (Å²) in [5.41, 5.74) is 0.699. The van der Waals surface area contributed by atoms with Crippen molar-refractivity contribution >= 4 is 17.5 Å². The van der Waals surface area contributed by atoms with Gasteiger partial charge in [-0.15, -0.1) is 13.2 Å². The Morgan fingerprint density at radius 2 is 1.67 bits per heavy atom. The van der Waals surface area contributed by atoms with Gasteiger partial charge in [0.15, 0.2) is 6.10 Å². The first-order valence-electron chi connectivity index (χ1n) is 8.65. The standard InChI is InChI=1S/C20H18F3N3O4/c1-13(29-16-7-3-14(11-24)4-8-16)19(28)26(2)12-18(27)25-15-5-9-17(10-6-15)30-20(21,22)23/h3-10,13H,12H2,1-2H3,(H,25,27)/t13-/m1/s1. The zero-order valence-electron chi connectivity index (χ0n) is 16.1. The van der Waals surface area contributed by atoms with E-state index in [-0.39, 0.29) is 12.2 Å². The number of hydrogen-bond donors (Lipinski definition) is 1. The second-order valence-electron chi connectivity index (χ2n) is 6.21. The smallest absolute Gasteiger partial charge is 0.481 e. The third-order valence-corrected chi connectivity index (χ3v) is 3.77. The van der Waals surface area contributed by atoms with Crippen molar-refractivity contribution < 1.29 is 32.2 Å². The van der Waals surface area contributed by atoms with E-state index >= 15 is 0 Å². The molecule has 1 atom stereocenters. The maximum Gasteiger partial charge on any atom is 0.573 e. The molecule has 0 spiro atoms. The van der Waals surface area contributed by atoms with Gasteiger partial charge in [-0.25, -0.2) is 0 Å². The number of alkyl halides is 3. The number of carbonyl (C=O) groups excluding carboxylic acids is 2. The predicted octanol–water partition coefficient (Wildman–Crippen LogP) is 3.32. The van der Waals surface area contributed by atoms with Gasteiger partial charge in [-0.1, -0.05) is 0 Å². The van der Waals surface area contributed by atoms with E-state index in [0.29, 0.717) is 11.3 Å². The zero-order chi connectivity index (χ0) is 22.3. The summed E-state index contributed by atoms with van der Waals surface area (Å²) < 4.78 is 45.7. The van der Waals surface area contributed by atoms with Crippen molar-refractivity contribution in [2.24, 2.45) is 0 Å². The number of carbonyl (C=O) groups is 2. The third kappa shape index (κ3) is 7.01. The summed E-state index contributed by atoms with van der Waals surface area (Å²) in [4.78, 5) is 25.6. The van der Waals surface area contributed by atoms with Crippen LogP contribution >= 0.6 is 0 Å². The van der Waals surface area contributed by atoms with E-state index in [9.17, 15) is 22.8 Å². The molecule has 2 aromatic carbocycles. The van der Waals surface area contributed by atoms with Gasteiger partial charge in [-0.3, -0.25) is 9.59 Å². The van der Waals surface area contributed by atoms with E-state index < -0.39 is 30.0 Å². The van der Waals surface area contributed by atoms with E-state index in [4.69, 9.17) is 10.00 Å². The van der Waals surface area contributed by atoms with Gasteiger partial charge < -0.3 is 19.7 Å². The zero-order valence-corrected chi connectivity index (χ0v) is 16.1. The van der Waals surface area contributed by atoms with Gasteiger partial charge in [-0.05, 0) is 55.5 Å². The van der Waals surface area contributed by atoms with E-state index in [1.807, 2.05) is 6.07 Å². The Hall–Kier alpha value is -3.74. The Kier molecular flexibility index (Phi) is 7.25. The Labute approximate surface area is 170 Å². The van der Waals surface area contributed by atoms with Gasteiger partial charge in [0.1, 0.15) is 11.5 Å². The van der Waals surface area contributed by atoms with Gasteiger partial charge in [0.25, 0.3) is 5.91 Å². The second kappa shape index (κ2) is 9.65. The Morgan fingerprint density at radius 3 is 2.20 bits per heavy atom. The number of amides is 2. The number of hydrogen-bond acceptors (Lipinski definition) is 5. The van der Waals surface area contributed by atoms with Crippen LogP contribution in [0.25, 0.3) is 0 Å². The summed E-state index contributed by atoms with van der Waals surface area (Å²) in [6, 6.07) is 12.8. The molecule has 0 radical (unpaired) electrons. The van der Waals surface area contributed by atoms with Crippen molar-refractivity contribution in [3.63, 3.8) is 0 Å². The second-order valence-corrected chi connectivity index (χ2v) is 6.21. The number of benzene rings is 2. The molecule has 7 nitrogen and oxygen atoms in total. The molecular weight excluding hydrogens is 403 g/mol. The minimum absolute atomic E-state index is 0.247. The fourth-order valence-corrected chi connectivity index (χ4v) is 2.41. The molecule has 0 aliphatic heterocycles. The first-order chi connectivity index (χ1) is 14.1. The molecule has 158 valence electrons. The van der Waals surface area contributed by atoms with Crippen molar-refractivity contribution in [2.45, 2.75) is 19.4 Å². The van der Waals surface area contributed by atoms with Gasteiger partial charge in [-0.2, -0.15) is 5.26 Å². The minimum Gasteiger partial charge on any atom is -0.481 e. The fourth-order valence-electron chi connectivity index (χ4n) is 2.41. The van der Waals surface area contributed by atoms with Crippen LogP contribution in [0.4, 0.5) is 18.9 Å².